The molecule has 0 saturated heterocycles. The Kier molecular flexibility index (Phi) is 23.2. The third kappa shape index (κ3) is 14.5. The molecule has 0 unspecified atom stereocenters. The van der Waals surface area contributed by atoms with Crippen LogP contribution in [0.15, 0.2) is 364 Å². The molecule has 0 aliphatic heterocycles. The van der Waals surface area contributed by atoms with E-state index in [1.54, 1.807) is 9.32 Å². The van der Waals surface area contributed by atoms with E-state index in [0.717, 1.165) is 0 Å². The summed E-state index contributed by atoms with van der Waals surface area (Å²) in [5, 5.41) is 16.8. The average Bonchev–Trinajstić information content (AvgIpc) is 0.721. The van der Waals surface area contributed by atoms with Crippen LogP contribution in [0.4, 0.5) is 0 Å². The Morgan fingerprint density at radius 1 is 0.239 bits per heavy atom. The minimum atomic E-state index is -2.58. The molecule has 0 radical (unpaired) electrons. The summed E-state index contributed by atoms with van der Waals surface area (Å²) in [5.74, 6) is 0. The molecular formula is C82H82O2P6Si2. The Labute approximate surface area is 555 Å². The molecule has 0 aliphatic carbocycles. The molecule has 0 atom stereocenters. The molecule has 12 aromatic carbocycles. The largest absolute Gasteiger partial charge is 0.413 e. The fourth-order valence-electron chi connectivity index (χ4n) is 12.8. The maximum Gasteiger partial charge on any atom is 0.220 e. The van der Waals surface area contributed by atoms with E-state index < -0.39 is 60.8 Å². The number of rotatable bonds is 22. The third-order valence-corrected chi connectivity index (χ3v) is 59.6. The summed E-state index contributed by atoms with van der Waals surface area (Å²) in [4.78, 5) is 0. The molecule has 0 amide bonds. The molecule has 460 valence electrons. The van der Waals surface area contributed by atoms with Crippen LogP contribution in [0, 0.1) is 0 Å². The van der Waals surface area contributed by atoms with Crippen molar-refractivity contribution in [2.45, 2.75) is 40.0 Å². The van der Waals surface area contributed by atoms with Crippen molar-refractivity contribution < 1.29 is 8.85 Å². The summed E-state index contributed by atoms with van der Waals surface area (Å²) in [6.45, 7) is 10.7. The standard InChI is InChI=1S/2C41H41OP3Si/c2*1-4-42-46(2,3)41(43(35-23-11-5-12-24-35)36-25-13-6-14-26-36)45(39-31-19-9-20-32-39,40-33-21-10-22-34-40)44(37-27-15-7-16-28-37)38-29-17-8-18-30-38/h2*5-34H,4H2,1-3H3. The van der Waals surface area contributed by atoms with Gasteiger partial charge < -0.3 is 8.85 Å². The van der Waals surface area contributed by atoms with E-state index in [2.05, 4.69) is 404 Å². The molecule has 10 heteroatoms. The molecule has 12 rings (SSSR count). The average molecular weight is 1340 g/mol. The highest BCUT2D eigenvalue weighted by Crippen LogP contribution is 2.79. The van der Waals surface area contributed by atoms with Gasteiger partial charge in [-0.1, -0.05) is 364 Å². The molecule has 0 bridgehead atoms. The summed E-state index contributed by atoms with van der Waals surface area (Å²) in [6.07, 6.45) is 0. The van der Waals surface area contributed by atoms with Crippen molar-refractivity contribution in [3.8, 4) is 0 Å². The zero-order valence-corrected chi connectivity index (χ0v) is 60.9. The molecule has 2 nitrogen and oxygen atoms in total. The molecule has 0 heterocycles. The highest BCUT2D eigenvalue weighted by atomic mass is 32.1. The second-order valence-electron chi connectivity index (χ2n) is 23.1. The van der Waals surface area contributed by atoms with Crippen LogP contribution in [0.3, 0.4) is 0 Å². The van der Waals surface area contributed by atoms with Crippen LogP contribution in [0.25, 0.3) is 0 Å². The highest BCUT2D eigenvalue weighted by Gasteiger charge is 2.49. The van der Waals surface area contributed by atoms with Crippen LogP contribution in [0.5, 0.6) is 0 Å². The number of hydrogen-bond donors (Lipinski definition) is 0. The summed E-state index contributed by atoms with van der Waals surface area (Å²) in [6, 6.07) is 136. The number of hydrogen-bond acceptors (Lipinski definition) is 2. The molecule has 0 spiro atoms. The van der Waals surface area contributed by atoms with Gasteiger partial charge in [-0.15, -0.1) is 0 Å². The zero-order valence-electron chi connectivity index (χ0n) is 53.6. The van der Waals surface area contributed by atoms with Gasteiger partial charge in [-0.05, 0) is 157 Å². The summed E-state index contributed by atoms with van der Waals surface area (Å²) < 4.78 is 17.6. The van der Waals surface area contributed by atoms with Crippen LogP contribution in [-0.2, 0) is 8.85 Å². The van der Waals surface area contributed by atoms with Crippen molar-refractivity contribution in [2.75, 3.05) is 13.2 Å². The maximum atomic E-state index is 7.14. The van der Waals surface area contributed by atoms with Crippen molar-refractivity contribution in [3.05, 3.63) is 364 Å². The Morgan fingerprint density at radius 2 is 0.391 bits per heavy atom. The highest BCUT2D eigenvalue weighted by molar-refractivity contribution is 8.53. The van der Waals surface area contributed by atoms with E-state index in [-0.39, 0.29) is 0 Å². The van der Waals surface area contributed by atoms with Gasteiger partial charge in [-0.3, -0.25) is 0 Å². The van der Waals surface area contributed by atoms with Gasteiger partial charge in [0.1, 0.15) is 0 Å². The lowest BCUT2D eigenvalue weighted by Crippen LogP contribution is -2.46. The molecule has 0 aromatic heterocycles. The lowest BCUT2D eigenvalue weighted by molar-refractivity contribution is 0.342. The molecule has 0 N–H and O–H groups in total. The normalized spacial score (nSPS) is 11.9. The van der Waals surface area contributed by atoms with Crippen LogP contribution < -0.4 is 63.7 Å². The van der Waals surface area contributed by atoms with Crippen molar-refractivity contribution in [3.63, 3.8) is 0 Å². The molecule has 0 aliphatic rings. The van der Waals surface area contributed by atoms with Gasteiger partial charge in [0.15, 0.2) is 0 Å². The first-order chi connectivity index (χ1) is 45.1. The van der Waals surface area contributed by atoms with Gasteiger partial charge in [0, 0.05) is 13.2 Å². The van der Waals surface area contributed by atoms with E-state index in [0.29, 0.717) is 13.2 Å². The molecule has 12 aromatic rings. The fourth-order valence-corrected chi connectivity index (χ4v) is 67.2. The van der Waals surface area contributed by atoms with Crippen LogP contribution >= 0.6 is 44.2 Å². The van der Waals surface area contributed by atoms with Crippen molar-refractivity contribution in [2.24, 2.45) is 0 Å². The van der Waals surface area contributed by atoms with E-state index in [1.165, 1.54) is 63.7 Å². The van der Waals surface area contributed by atoms with Crippen molar-refractivity contribution in [1.82, 2.24) is 0 Å². The summed E-state index contributed by atoms with van der Waals surface area (Å²) >= 11 is 0. The first-order valence-electron chi connectivity index (χ1n) is 31.8. The Balaban J connectivity index is 0.000000188. The number of benzene rings is 12. The summed E-state index contributed by atoms with van der Waals surface area (Å²) in [7, 11) is -8.91. The van der Waals surface area contributed by atoms with Crippen LogP contribution in [0.2, 0.25) is 26.2 Å². The SMILES string of the molecule is CCO[Si](C)(C)C(P(c1ccccc1)c1ccccc1)=P(c1ccccc1)(c1ccccc1)P(c1ccccc1)c1ccccc1.CCO[Si](C)(C)C(P(c1ccccc1)c1ccccc1)=P(c1ccccc1)(c1ccccc1)P(c1ccccc1)c1ccccc1. The monoisotopic (exact) mass is 1340 g/mol. The Bertz CT molecular complexity index is 3770. The Morgan fingerprint density at radius 3 is 0.554 bits per heavy atom. The minimum absolute atomic E-state index is 0.688. The summed E-state index contributed by atoms with van der Waals surface area (Å²) in [5.41, 5.74) is 0. The molecular weight excluding hydrogens is 1260 g/mol. The first kappa shape index (κ1) is 66.8. The van der Waals surface area contributed by atoms with Gasteiger partial charge >= 0.3 is 0 Å². The van der Waals surface area contributed by atoms with E-state index in [9.17, 15) is 0 Å². The van der Waals surface area contributed by atoms with E-state index in [4.69, 9.17) is 8.85 Å². The van der Waals surface area contributed by atoms with Gasteiger partial charge in [0.25, 0.3) is 0 Å². The first-order valence-corrected chi connectivity index (χ1v) is 48.0. The quantitative estimate of drug-likeness (QED) is 0.0497. The minimum Gasteiger partial charge on any atom is -0.413 e. The fraction of sp³-hybridized carbons (Fsp3) is 0.0976. The van der Waals surface area contributed by atoms with Crippen molar-refractivity contribution >= 4 is 134 Å². The van der Waals surface area contributed by atoms with Gasteiger partial charge in [0.05, 0.1) is 0 Å². The van der Waals surface area contributed by atoms with Crippen LogP contribution in [-0.4, -0.2) is 39.2 Å². The lowest BCUT2D eigenvalue weighted by atomic mass is 10.4. The second-order valence-corrected chi connectivity index (χ2v) is 52.2. The molecule has 92 heavy (non-hydrogen) atoms. The van der Waals surface area contributed by atoms with Gasteiger partial charge in [-0.25, -0.2) is 0 Å². The second kappa shape index (κ2) is 32.0. The van der Waals surface area contributed by atoms with Crippen molar-refractivity contribution in [1.29, 1.82) is 0 Å². The van der Waals surface area contributed by atoms with Gasteiger partial charge in [-0.2, -0.15) is 0 Å². The van der Waals surface area contributed by atoms with Gasteiger partial charge in [0.2, 0.25) is 16.6 Å². The lowest BCUT2D eigenvalue weighted by Gasteiger charge is -2.46. The molecule has 0 saturated carbocycles. The maximum absolute atomic E-state index is 7.14. The third-order valence-electron chi connectivity index (χ3n) is 16.3. The smallest absolute Gasteiger partial charge is 0.220 e. The predicted octanol–water partition coefficient (Wildman–Crippen LogP) is 17.5. The Hall–Kier alpha value is -6.69. The predicted molar refractivity (Wildman–Crippen MR) is 423 cm³/mol. The molecule has 0 fully saturated rings. The van der Waals surface area contributed by atoms with E-state index >= 15 is 0 Å². The zero-order chi connectivity index (χ0) is 63.6. The van der Waals surface area contributed by atoms with E-state index in [1.807, 2.05) is 0 Å². The van der Waals surface area contributed by atoms with Crippen LogP contribution in [0.1, 0.15) is 13.8 Å². The topological polar surface area (TPSA) is 18.5 Å².